The topological polar surface area (TPSA) is 116 Å². The average molecular weight is 478 g/mol. The standard InChI is InChI=1S/C26H27N3O6/c30-23-13-29(10-9-28(23)14-24(31)32)25(33)21-11-16(21)12-27-26(34)35-15-22-19-7-3-1-5-17(19)18-6-2-4-8-20(18)22/h1-8,16,21-22H,9-15H2,(H,27,34)(H,31,32). The lowest BCUT2D eigenvalue weighted by atomic mass is 9.98. The highest BCUT2D eigenvalue weighted by Gasteiger charge is 2.46. The maximum atomic E-state index is 12.7. The van der Waals surface area contributed by atoms with Crippen LogP contribution in [0.4, 0.5) is 4.79 Å². The van der Waals surface area contributed by atoms with Crippen LogP contribution in [-0.4, -0.2) is 78.1 Å². The van der Waals surface area contributed by atoms with Gasteiger partial charge in [-0.15, -0.1) is 0 Å². The quantitative estimate of drug-likeness (QED) is 0.630. The van der Waals surface area contributed by atoms with Gasteiger partial charge in [-0.1, -0.05) is 48.5 Å². The Morgan fingerprint density at radius 3 is 2.29 bits per heavy atom. The first-order valence-electron chi connectivity index (χ1n) is 11.8. The number of nitrogens with zero attached hydrogens (tertiary/aromatic N) is 2. The third kappa shape index (κ3) is 4.71. The number of piperazine rings is 1. The van der Waals surface area contributed by atoms with E-state index < -0.39 is 12.1 Å². The zero-order valence-corrected chi connectivity index (χ0v) is 19.2. The van der Waals surface area contributed by atoms with Gasteiger partial charge in [0.25, 0.3) is 0 Å². The molecule has 2 aromatic rings. The van der Waals surface area contributed by atoms with Crippen molar-refractivity contribution < 1.29 is 29.0 Å². The second-order valence-electron chi connectivity index (χ2n) is 9.28. The minimum absolute atomic E-state index is 0.00938. The number of carboxylic acid groups (broad SMARTS) is 1. The summed E-state index contributed by atoms with van der Waals surface area (Å²) in [5.74, 6) is -1.79. The van der Waals surface area contributed by atoms with Crippen LogP contribution in [0.5, 0.6) is 0 Å². The Balaban J connectivity index is 1.08. The van der Waals surface area contributed by atoms with Crippen molar-refractivity contribution in [3.63, 3.8) is 0 Å². The zero-order valence-electron chi connectivity index (χ0n) is 19.2. The van der Waals surface area contributed by atoms with Crippen LogP contribution in [0.3, 0.4) is 0 Å². The lowest BCUT2D eigenvalue weighted by Gasteiger charge is -2.33. The molecule has 0 aromatic heterocycles. The van der Waals surface area contributed by atoms with Crippen LogP contribution >= 0.6 is 0 Å². The van der Waals surface area contributed by atoms with E-state index in [0.29, 0.717) is 19.5 Å². The Hall–Kier alpha value is -3.88. The summed E-state index contributed by atoms with van der Waals surface area (Å²) < 4.78 is 5.54. The molecule has 0 spiro atoms. The van der Waals surface area contributed by atoms with Crippen LogP contribution in [0.2, 0.25) is 0 Å². The first kappa shape index (κ1) is 22.9. The molecule has 2 N–H and O–H groups in total. The number of benzene rings is 2. The second kappa shape index (κ2) is 9.40. The average Bonchev–Trinajstić information content (AvgIpc) is 3.57. The number of rotatable bonds is 7. The fraction of sp³-hybridized carbons (Fsp3) is 0.385. The third-order valence-electron chi connectivity index (χ3n) is 7.05. The monoisotopic (exact) mass is 477 g/mol. The van der Waals surface area contributed by atoms with Gasteiger partial charge in [0.2, 0.25) is 11.8 Å². The van der Waals surface area contributed by atoms with Crippen molar-refractivity contribution in [1.29, 1.82) is 0 Å². The first-order valence-corrected chi connectivity index (χ1v) is 11.8. The minimum Gasteiger partial charge on any atom is -0.480 e. The van der Waals surface area contributed by atoms with Gasteiger partial charge in [-0.05, 0) is 34.6 Å². The van der Waals surface area contributed by atoms with Crippen LogP contribution in [0.1, 0.15) is 23.5 Å². The summed E-state index contributed by atoms with van der Waals surface area (Å²) in [5.41, 5.74) is 4.62. The van der Waals surface area contributed by atoms with E-state index >= 15 is 0 Å². The van der Waals surface area contributed by atoms with Crippen molar-refractivity contribution in [3.8, 4) is 11.1 Å². The Bertz CT molecular complexity index is 1140. The summed E-state index contributed by atoms with van der Waals surface area (Å²) >= 11 is 0. The molecular formula is C26H27N3O6. The summed E-state index contributed by atoms with van der Waals surface area (Å²) in [6.07, 6.45) is 0.133. The van der Waals surface area contributed by atoms with E-state index in [1.807, 2.05) is 24.3 Å². The molecule has 2 fully saturated rings. The van der Waals surface area contributed by atoms with Crippen LogP contribution < -0.4 is 5.32 Å². The molecule has 5 rings (SSSR count). The van der Waals surface area contributed by atoms with Gasteiger partial charge in [0.05, 0.1) is 6.54 Å². The van der Waals surface area contributed by atoms with Gasteiger partial charge in [0, 0.05) is 31.5 Å². The molecule has 2 aromatic carbocycles. The molecule has 1 saturated heterocycles. The fourth-order valence-electron chi connectivity index (χ4n) is 5.10. The molecule has 1 saturated carbocycles. The van der Waals surface area contributed by atoms with E-state index in [9.17, 15) is 19.2 Å². The molecule has 9 nitrogen and oxygen atoms in total. The first-order chi connectivity index (χ1) is 16.9. The van der Waals surface area contributed by atoms with Crippen LogP contribution in [0, 0.1) is 11.8 Å². The van der Waals surface area contributed by atoms with Crippen molar-refractivity contribution >= 4 is 23.9 Å². The molecule has 9 heteroatoms. The highest BCUT2D eigenvalue weighted by molar-refractivity contribution is 5.90. The van der Waals surface area contributed by atoms with Crippen LogP contribution in [-0.2, 0) is 19.1 Å². The zero-order chi connectivity index (χ0) is 24.5. The smallest absolute Gasteiger partial charge is 0.407 e. The predicted octanol–water partition coefficient (Wildman–Crippen LogP) is 1.92. The lowest BCUT2D eigenvalue weighted by molar-refractivity contribution is -0.150. The number of carbonyl (C=O) groups is 4. The molecule has 3 aliphatic rings. The van der Waals surface area contributed by atoms with Gasteiger partial charge in [0.1, 0.15) is 13.2 Å². The molecule has 35 heavy (non-hydrogen) atoms. The van der Waals surface area contributed by atoms with Gasteiger partial charge in [-0.2, -0.15) is 0 Å². The minimum atomic E-state index is -1.07. The van der Waals surface area contributed by atoms with E-state index in [2.05, 4.69) is 29.6 Å². The summed E-state index contributed by atoms with van der Waals surface area (Å²) in [6, 6.07) is 16.3. The summed E-state index contributed by atoms with van der Waals surface area (Å²) in [7, 11) is 0. The third-order valence-corrected chi connectivity index (χ3v) is 7.05. The molecule has 1 heterocycles. The largest absolute Gasteiger partial charge is 0.480 e. The van der Waals surface area contributed by atoms with Crippen molar-refractivity contribution in [2.75, 3.05) is 39.3 Å². The maximum absolute atomic E-state index is 12.7. The predicted molar refractivity (Wildman–Crippen MR) is 125 cm³/mol. The van der Waals surface area contributed by atoms with E-state index in [4.69, 9.17) is 9.84 Å². The van der Waals surface area contributed by atoms with Gasteiger partial charge < -0.3 is 25.0 Å². The number of alkyl carbamates (subject to hydrolysis) is 1. The normalized spacial score (nSPS) is 20.7. The van der Waals surface area contributed by atoms with Crippen molar-refractivity contribution in [2.24, 2.45) is 11.8 Å². The van der Waals surface area contributed by atoms with Crippen molar-refractivity contribution in [1.82, 2.24) is 15.1 Å². The number of fused-ring (bicyclic) bond motifs is 3. The summed E-state index contributed by atoms with van der Waals surface area (Å²) in [5, 5.41) is 11.6. The molecular weight excluding hydrogens is 450 g/mol. The van der Waals surface area contributed by atoms with Crippen molar-refractivity contribution in [2.45, 2.75) is 12.3 Å². The Labute approximate surface area is 202 Å². The number of carboxylic acids is 1. The van der Waals surface area contributed by atoms with Gasteiger partial charge in [-0.3, -0.25) is 14.4 Å². The Morgan fingerprint density at radius 2 is 1.66 bits per heavy atom. The summed E-state index contributed by atoms with van der Waals surface area (Å²) in [6.45, 7) is 0.648. The van der Waals surface area contributed by atoms with Gasteiger partial charge in [-0.25, -0.2) is 4.79 Å². The van der Waals surface area contributed by atoms with E-state index in [-0.39, 0.29) is 55.8 Å². The van der Waals surface area contributed by atoms with E-state index in [0.717, 1.165) is 11.1 Å². The second-order valence-corrected chi connectivity index (χ2v) is 9.28. The van der Waals surface area contributed by atoms with Crippen molar-refractivity contribution in [3.05, 3.63) is 59.7 Å². The van der Waals surface area contributed by atoms with Gasteiger partial charge in [0.15, 0.2) is 0 Å². The van der Waals surface area contributed by atoms with E-state index in [1.165, 1.54) is 20.9 Å². The number of carbonyl (C=O) groups excluding carboxylic acids is 3. The molecule has 3 amide bonds. The maximum Gasteiger partial charge on any atom is 0.407 e. The molecule has 182 valence electrons. The molecule has 0 radical (unpaired) electrons. The Morgan fingerprint density at radius 1 is 1.00 bits per heavy atom. The number of aliphatic carboxylic acids is 1. The molecule has 2 atom stereocenters. The number of ether oxygens (including phenoxy) is 1. The number of amides is 3. The fourth-order valence-corrected chi connectivity index (χ4v) is 5.10. The molecule has 2 aliphatic carbocycles. The number of nitrogens with one attached hydrogen (secondary N) is 1. The SMILES string of the molecule is O=C(O)CN1CCN(C(=O)C2CC2CNC(=O)OCC2c3ccccc3-c3ccccc32)CC1=O. The van der Waals surface area contributed by atoms with Crippen LogP contribution in [0.15, 0.2) is 48.5 Å². The lowest BCUT2D eigenvalue weighted by Crippen LogP contribution is -2.53. The number of hydrogen-bond acceptors (Lipinski definition) is 5. The molecule has 1 aliphatic heterocycles. The molecule has 0 bridgehead atoms. The highest BCUT2D eigenvalue weighted by Crippen LogP contribution is 2.44. The molecule has 2 unspecified atom stereocenters. The van der Waals surface area contributed by atoms with Crippen LogP contribution in [0.25, 0.3) is 11.1 Å². The Kier molecular flexibility index (Phi) is 6.15. The van der Waals surface area contributed by atoms with Gasteiger partial charge >= 0.3 is 12.1 Å². The summed E-state index contributed by atoms with van der Waals surface area (Å²) in [4.78, 5) is 50.8. The highest BCUT2D eigenvalue weighted by atomic mass is 16.5. The number of hydrogen-bond donors (Lipinski definition) is 2. The van der Waals surface area contributed by atoms with E-state index in [1.54, 1.807) is 0 Å².